The molecule has 0 saturated heterocycles. The van der Waals surface area contributed by atoms with Gasteiger partial charge in [-0.05, 0) is 49.9 Å². The maximum Gasteiger partial charge on any atom is 0.0705 e. The molecule has 3 atom stereocenters. The average Bonchev–Trinajstić information content (AvgIpc) is 2.09. The number of hydrogen-bond acceptors (Lipinski definition) is 2. The highest BCUT2D eigenvalue weighted by atomic mass is 16.5. The largest absolute Gasteiger partial charge is 0.389 e. The Balaban J connectivity index is 1.86. The first-order valence-electron chi connectivity index (χ1n) is 5.92. The molecule has 0 aliphatic heterocycles. The van der Waals surface area contributed by atoms with Gasteiger partial charge in [-0.3, -0.25) is 0 Å². The van der Waals surface area contributed by atoms with Gasteiger partial charge in [0.05, 0.1) is 12.2 Å². The van der Waals surface area contributed by atoms with E-state index in [0.29, 0.717) is 5.92 Å². The average molecular weight is 196 g/mol. The number of aliphatic hydroxyl groups is 1. The molecule has 1 N–H and O–H groups in total. The van der Waals surface area contributed by atoms with Crippen LogP contribution in [0.15, 0.2) is 0 Å². The fraction of sp³-hybridized carbons (Fsp3) is 1.00. The SMILES string of the molecule is COCC1C2CC3CC(C2)CC1(O)C3. The summed E-state index contributed by atoms with van der Waals surface area (Å²) >= 11 is 0. The van der Waals surface area contributed by atoms with Gasteiger partial charge in [0, 0.05) is 13.0 Å². The maximum atomic E-state index is 10.6. The molecule has 2 heteroatoms. The molecule has 0 aromatic carbocycles. The third-order valence-electron chi connectivity index (χ3n) is 4.83. The van der Waals surface area contributed by atoms with Gasteiger partial charge in [0.1, 0.15) is 0 Å². The van der Waals surface area contributed by atoms with E-state index in [4.69, 9.17) is 4.74 Å². The number of rotatable bonds is 2. The van der Waals surface area contributed by atoms with Crippen molar-refractivity contribution in [3.05, 3.63) is 0 Å². The van der Waals surface area contributed by atoms with Crippen molar-refractivity contribution in [2.24, 2.45) is 23.7 Å². The van der Waals surface area contributed by atoms with E-state index in [1.807, 2.05) is 0 Å². The Hall–Kier alpha value is -0.0800. The van der Waals surface area contributed by atoms with Crippen LogP contribution in [0.2, 0.25) is 0 Å². The van der Waals surface area contributed by atoms with Gasteiger partial charge < -0.3 is 9.84 Å². The van der Waals surface area contributed by atoms with E-state index < -0.39 is 0 Å². The summed E-state index contributed by atoms with van der Waals surface area (Å²) in [5.41, 5.74) is -0.356. The smallest absolute Gasteiger partial charge is 0.0705 e. The Bertz CT molecular complexity index is 224. The van der Waals surface area contributed by atoms with Gasteiger partial charge in [0.15, 0.2) is 0 Å². The molecule has 0 radical (unpaired) electrons. The van der Waals surface area contributed by atoms with Crippen LogP contribution in [0.25, 0.3) is 0 Å². The number of ether oxygens (including phenoxy) is 1. The lowest BCUT2D eigenvalue weighted by atomic mass is 9.50. The minimum absolute atomic E-state index is 0.356. The summed E-state index contributed by atoms with van der Waals surface area (Å²) in [6, 6.07) is 0. The molecule has 0 heterocycles. The predicted molar refractivity (Wildman–Crippen MR) is 53.9 cm³/mol. The number of methoxy groups -OCH3 is 1. The standard InChI is InChI=1S/C12H20O2/c1-14-7-11-10-3-8-2-9(4-10)6-12(11,13)5-8/h8-11,13H,2-7H2,1H3. The van der Waals surface area contributed by atoms with Gasteiger partial charge in [0.2, 0.25) is 0 Å². The van der Waals surface area contributed by atoms with Gasteiger partial charge in [-0.15, -0.1) is 0 Å². The fourth-order valence-corrected chi connectivity index (χ4v) is 4.57. The van der Waals surface area contributed by atoms with Crippen molar-refractivity contribution in [2.45, 2.75) is 37.7 Å². The van der Waals surface area contributed by atoms with Gasteiger partial charge in [-0.25, -0.2) is 0 Å². The minimum Gasteiger partial charge on any atom is -0.389 e. The molecule has 3 unspecified atom stereocenters. The maximum absolute atomic E-state index is 10.6. The first kappa shape index (κ1) is 9.17. The van der Waals surface area contributed by atoms with E-state index in [2.05, 4.69) is 0 Å². The van der Waals surface area contributed by atoms with Crippen LogP contribution in [-0.4, -0.2) is 24.4 Å². The Morgan fingerprint density at radius 1 is 1.21 bits per heavy atom. The quantitative estimate of drug-likeness (QED) is 0.730. The third-order valence-corrected chi connectivity index (χ3v) is 4.83. The van der Waals surface area contributed by atoms with Gasteiger partial charge >= 0.3 is 0 Å². The van der Waals surface area contributed by atoms with Crippen LogP contribution in [0.5, 0.6) is 0 Å². The van der Waals surface area contributed by atoms with Crippen molar-refractivity contribution < 1.29 is 9.84 Å². The van der Waals surface area contributed by atoms with Crippen molar-refractivity contribution in [3.63, 3.8) is 0 Å². The van der Waals surface area contributed by atoms with Crippen LogP contribution < -0.4 is 0 Å². The highest BCUT2D eigenvalue weighted by Gasteiger charge is 2.56. The summed E-state index contributed by atoms with van der Waals surface area (Å²) in [7, 11) is 1.76. The fourth-order valence-electron chi connectivity index (χ4n) is 4.57. The Kier molecular flexibility index (Phi) is 1.94. The van der Waals surface area contributed by atoms with Crippen molar-refractivity contribution in [1.82, 2.24) is 0 Å². The zero-order valence-electron chi connectivity index (χ0n) is 8.91. The second-order valence-electron chi connectivity index (χ2n) is 5.77. The van der Waals surface area contributed by atoms with Crippen LogP contribution in [0.3, 0.4) is 0 Å². The van der Waals surface area contributed by atoms with Crippen molar-refractivity contribution in [1.29, 1.82) is 0 Å². The number of hydrogen-bond donors (Lipinski definition) is 1. The molecule has 2 nitrogen and oxygen atoms in total. The highest BCUT2D eigenvalue weighted by Crippen LogP contribution is 2.58. The molecule has 0 spiro atoms. The van der Waals surface area contributed by atoms with E-state index >= 15 is 0 Å². The minimum atomic E-state index is -0.356. The van der Waals surface area contributed by atoms with Crippen molar-refractivity contribution >= 4 is 0 Å². The third kappa shape index (κ3) is 1.17. The molecule has 80 valence electrons. The molecule has 0 amide bonds. The molecule has 14 heavy (non-hydrogen) atoms. The topological polar surface area (TPSA) is 29.5 Å². The zero-order chi connectivity index (χ0) is 9.76. The highest BCUT2D eigenvalue weighted by molar-refractivity contribution is 5.06. The molecule has 4 fully saturated rings. The second-order valence-corrected chi connectivity index (χ2v) is 5.77. The van der Waals surface area contributed by atoms with Crippen LogP contribution >= 0.6 is 0 Å². The van der Waals surface area contributed by atoms with Crippen LogP contribution in [0.1, 0.15) is 32.1 Å². The first-order valence-corrected chi connectivity index (χ1v) is 5.92. The molecule has 4 aliphatic carbocycles. The first-order chi connectivity index (χ1) is 6.71. The van der Waals surface area contributed by atoms with Crippen molar-refractivity contribution in [2.75, 3.05) is 13.7 Å². The molecule has 4 aliphatic rings. The van der Waals surface area contributed by atoms with Gasteiger partial charge in [0.25, 0.3) is 0 Å². The molecule has 4 rings (SSSR count). The summed E-state index contributed by atoms with van der Waals surface area (Å²) in [5.74, 6) is 2.84. The molecular weight excluding hydrogens is 176 g/mol. The molecule has 0 aromatic heterocycles. The normalized spacial score (nSPS) is 55.3. The van der Waals surface area contributed by atoms with Gasteiger partial charge in [-0.1, -0.05) is 0 Å². The Labute approximate surface area is 85.6 Å². The van der Waals surface area contributed by atoms with Crippen molar-refractivity contribution in [3.8, 4) is 0 Å². The van der Waals surface area contributed by atoms with E-state index in [1.54, 1.807) is 7.11 Å². The lowest BCUT2D eigenvalue weighted by molar-refractivity contribution is -0.184. The molecule has 0 aromatic rings. The van der Waals surface area contributed by atoms with E-state index in [1.165, 1.54) is 19.3 Å². The lowest BCUT2D eigenvalue weighted by Crippen LogP contribution is -2.58. The summed E-state index contributed by atoms with van der Waals surface area (Å²) in [6.07, 6.45) is 6.19. The molecule has 4 saturated carbocycles. The van der Waals surface area contributed by atoms with Crippen LogP contribution in [-0.2, 0) is 4.74 Å². The van der Waals surface area contributed by atoms with Crippen LogP contribution in [0, 0.1) is 23.7 Å². The summed E-state index contributed by atoms with van der Waals surface area (Å²) in [4.78, 5) is 0. The van der Waals surface area contributed by atoms with E-state index in [9.17, 15) is 5.11 Å². The van der Waals surface area contributed by atoms with E-state index in [-0.39, 0.29) is 5.60 Å². The Morgan fingerprint density at radius 2 is 1.86 bits per heavy atom. The molecular formula is C12H20O2. The predicted octanol–water partition coefficient (Wildman–Crippen LogP) is 1.82. The van der Waals surface area contributed by atoms with E-state index in [0.717, 1.165) is 37.2 Å². The second kappa shape index (κ2) is 2.96. The Morgan fingerprint density at radius 3 is 2.36 bits per heavy atom. The summed E-state index contributed by atoms with van der Waals surface area (Å²) < 4.78 is 5.27. The monoisotopic (exact) mass is 196 g/mol. The lowest BCUT2D eigenvalue weighted by Gasteiger charge is -2.58. The summed E-state index contributed by atoms with van der Waals surface area (Å²) in [6.45, 7) is 0.764. The molecule has 4 bridgehead atoms. The van der Waals surface area contributed by atoms with Gasteiger partial charge in [-0.2, -0.15) is 0 Å². The summed E-state index contributed by atoms with van der Waals surface area (Å²) in [5, 5.41) is 10.6. The zero-order valence-corrected chi connectivity index (χ0v) is 8.91. The van der Waals surface area contributed by atoms with Crippen LogP contribution in [0.4, 0.5) is 0 Å².